The van der Waals surface area contributed by atoms with Gasteiger partial charge in [0.15, 0.2) is 0 Å². The summed E-state index contributed by atoms with van der Waals surface area (Å²) in [6.07, 6.45) is 3.61. The highest BCUT2D eigenvalue weighted by Crippen LogP contribution is 2.21. The van der Waals surface area contributed by atoms with Gasteiger partial charge in [-0.1, -0.05) is 12.1 Å². The largest absolute Gasteiger partial charge is 0.301 e. The summed E-state index contributed by atoms with van der Waals surface area (Å²) in [4.78, 5) is 2.24. The number of halogens is 2. The van der Waals surface area contributed by atoms with Crippen LogP contribution in [0.2, 0.25) is 0 Å². The first-order valence-electron chi connectivity index (χ1n) is 6.30. The van der Waals surface area contributed by atoms with Crippen molar-refractivity contribution in [2.24, 2.45) is 5.92 Å². The van der Waals surface area contributed by atoms with Gasteiger partial charge in [-0.25, -0.2) is 4.39 Å². The van der Waals surface area contributed by atoms with E-state index in [1.165, 1.54) is 28.4 Å². The van der Waals surface area contributed by atoms with Crippen LogP contribution in [-0.4, -0.2) is 31.2 Å². The van der Waals surface area contributed by atoms with Crippen molar-refractivity contribution >= 4 is 22.6 Å². The van der Waals surface area contributed by atoms with Crippen molar-refractivity contribution in [3.8, 4) is 0 Å². The third-order valence-corrected chi connectivity index (χ3v) is 4.26. The highest BCUT2D eigenvalue weighted by molar-refractivity contribution is 14.1. The fraction of sp³-hybridized carbons (Fsp3) is 0.571. The molecule has 0 N–H and O–H groups in total. The summed E-state index contributed by atoms with van der Waals surface area (Å²) >= 11 is 2.34. The van der Waals surface area contributed by atoms with E-state index in [0.29, 0.717) is 6.54 Å². The van der Waals surface area contributed by atoms with Crippen LogP contribution in [0, 0.1) is 9.49 Å². The van der Waals surface area contributed by atoms with Crippen molar-refractivity contribution in [3.63, 3.8) is 0 Å². The lowest BCUT2D eigenvalue weighted by Gasteiger charge is -2.31. The van der Waals surface area contributed by atoms with E-state index in [9.17, 15) is 4.39 Å². The first kappa shape index (κ1) is 13.3. The van der Waals surface area contributed by atoms with Crippen LogP contribution in [0.15, 0.2) is 24.3 Å². The summed E-state index contributed by atoms with van der Waals surface area (Å²) in [6, 6.07) is 8.81. The second-order valence-electron chi connectivity index (χ2n) is 4.80. The van der Waals surface area contributed by atoms with Gasteiger partial charge in [0, 0.05) is 10.1 Å². The Morgan fingerprint density at radius 2 is 1.82 bits per heavy atom. The predicted molar refractivity (Wildman–Crippen MR) is 78.0 cm³/mol. The lowest BCUT2D eigenvalue weighted by Crippen LogP contribution is -2.35. The molecule has 0 atom stereocenters. The molecule has 0 spiro atoms. The Balaban J connectivity index is 1.79. The van der Waals surface area contributed by atoms with Crippen molar-refractivity contribution in [3.05, 3.63) is 33.4 Å². The van der Waals surface area contributed by atoms with E-state index in [-0.39, 0.29) is 6.67 Å². The topological polar surface area (TPSA) is 3.24 Å². The molecule has 1 heterocycles. The number of likely N-dealkylation sites (tertiary alicyclic amines) is 1. The van der Waals surface area contributed by atoms with Gasteiger partial charge >= 0.3 is 0 Å². The van der Waals surface area contributed by atoms with Crippen LogP contribution < -0.4 is 0 Å². The molecule has 0 unspecified atom stereocenters. The van der Waals surface area contributed by atoms with E-state index in [1.807, 2.05) is 0 Å². The molecule has 0 amide bonds. The maximum absolute atomic E-state index is 12.2. The summed E-state index contributed by atoms with van der Waals surface area (Å²) in [6.45, 7) is 2.55. The van der Waals surface area contributed by atoms with Crippen molar-refractivity contribution in [1.82, 2.24) is 4.90 Å². The van der Waals surface area contributed by atoms with Gasteiger partial charge in [-0.3, -0.25) is 0 Å². The Morgan fingerprint density at radius 3 is 2.41 bits per heavy atom. The molecule has 1 aromatic rings. The number of piperidine rings is 1. The summed E-state index contributed by atoms with van der Waals surface area (Å²) in [5.41, 5.74) is 1.44. The number of nitrogens with zero attached hydrogens (tertiary/aromatic N) is 1. The zero-order valence-electron chi connectivity index (χ0n) is 10.0. The molecule has 17 heavy (non-hydrogen) atoms. The van der Waals surface area contributed by atoms with Crippen molar-refractivity contribution in [1.29, 1.82) is 0 Å². The highest BCUT2D eigenvalue weighted by Gasteiger charge is 2.18. The van der Waals surface area contributed by atoms with E-state index in [2.05, 4.69) is 51.8 Å². The van der Waals surface area contributed by atoms with E-state index in [1.54, 1.807) is 0 Å². The van der Waals surface area contributed by atoms with Gasteiger partial charge in [-0.05, 0) is 78.6 Å². The van der Waals surface area contributed by atoms with Gasteiger partial charge in [0.1, 0.15) is 6.67 Å². The molecule has 1 saturated heterocycles. The van der Waals surface area contributed by atoms with Gasteiger partial charge < -0.3 is 4.90 Å². The van der Waals surface area contributed by atoms with Crippen molar-refractivity contribution in [2.75, 3.05) is 26.3 Å². The van der Waals surface area contributed by atoms with E-state index in [0.717, 1.165) is 19.0 Å². The second-order valence-corrected chi connectivity index (χ2v) is 6.05. The van der Waals surface area contributed by atoms with Crippen molar-refractivity contribution in [2.45, 2.75) is 19.3 Å². The molecular formula is C14H19FIN. The quantitative estimate of drug-likeness (QED) is 0.754. The maximum Gasteiger partial charge on any atom is 0.102 e. The lowest BCUT2D eigenvalue weighted by molar-refractivity contribution is 0.172. The zero-order chi connectivity index (χ0) is 12.1. The Hall–Kier alpha value is -0.160. The fourth-order valence-corrected chi connectivity index (χ4v) is 2.85. The summed E-state index contributed by atoms with van der Waals surface area (Å²) in [5.74, 6) is 0.783. The SMILES string of the molecule is FCCN1CCC(Cc2ccc(I)cc2)CC1. The van der Waals surface area contributed by atoms with Crippen LogP contribution in [0.1, 0.15) is 18.4 Å². The van der Waals surface area contributed by atoms with Crippen molar-refractivity contribution < 1.29 is 4.39 Å². The molecule has 94 valence electrons. The third-order valence-electron chi connectivity index (χ3n) is 3.55. The first-order valence-corrected chi connectivity index (χ1v) is 7.38. The van der Waals surface area contributed by atoms with Gasteiger partial charge in [-0.2, -0.15) is 0 Å². The molecule has 2 rings (SSSR count). The average molecular weight is 347 g/mol. The van der Waals surface area contributed by atoms with Crippen LogP contribution in [-0.2, 0) is 6.42 Å². The molecule has 0 aliphatic carbocycles. The van der Waals surface area contributed by atoms with Crippen LogP contribution in [0.3, 0.4) is 0 Å². The van der Waals surface area contributed by atoms with E-state index >= 15 is 0 Å². The maximum atomic E-state index is 12.2. The number of alkyl halides is 1. The number of hydrogen-bond acceptors (Lipinski definition) is 1. The monoisotopic (exact) mass is 347 g/mol. The average Bonchev–Trinajstić information content (AvgIpc) is 2.35. The van der Waals surface area contributed by atoms with Crippen LogP contribution in [0.5, 0.6) is 0 Å². The third kappa shape index (κ3) is 4.21. The molecule has 1 nitrogen and oxygen atoms in total. The molecule has 0 aromatic heterocycles. The lowest BCUT2D eigenvalue weighted by atomic mass is 9.90. The van der Waals surface area contributed by atoms with E-state index < -0.39 is 0 Å². The molecule has 0 radical (unpaired) electrons. The standard InChI is InChI=1S/C14H19FIN/c15-7-10-17-8-5-13(6-9-17)11-12-1-3-14(16)4-2-12/h1-4,13H,5-11H2. The molecular weight excluding hydrogens is 328 g/mol. The van der Waals surface area contributed by atoms with Gasteiger partial charge in [0.25, 0.3) is 0 Å². The van der Waals surface area contributed by atoms with Gasteiger partial charge in [0.2, 0.25) is 0 Å². The first-order chi connectivity index (χ1) is 8.28. The molecule has 3 heteroatoms. The minimum atomic E-state index is -0.207. The Morgan fingerprint density at radius 1 is 1.18 bits per heavy atom. The number of benzene rings is 1. The molecule has 1 fully saturated rings. The fourth-order valence-electron chi connectivity index (χ4n) is 2.49. The Kier molecular flexibility index (Phi) is 5.22. The zero-order valence-corrected chi connectivity index (χ0v) is 12.2. The van der Waals surface area contributed by atoms with Gasteiger partial charge in [0.05, 0.1) is 0 Å². The Bertz CT molecular complexity index is 331. The summed E-state index contributed by atoms with van der Waals surface area (Å²) in [7, 11) is 0. The highest BCUT2D eigenvalue weighted by atomic mass is 127. The van der Waals surface area contributed by atoms with Crippen LogP contribution in [0.4, 0.5) is 4.39 Å². The molecule has 1 aliphatic rings. The number of rotatable bonds is 4. The minimum absolute atomic E-state index is 0.207. The minimum Gasteiger partial charge on any atom is -0.301 e. The van der Waals surface area contributed by atoms with E-state index in [4.69, 9.17) is 0 Å². The summed E-state index contributed by atoms with van der Waals surface area (Å²) < 4.78 is 13.5. The molecule has 0 bridgehead atoms. The predicted octanol–water partition coefficient (Wildman–Crippen LogP) is 3.52. The normalized spacial score (nSPS) is 18.5. The molecule has 1 aliphatic heterocycles. The van der Waals surface area contributed by atoms with Crippen LogP contribution in [0.25, 0.3) is 0 Å². The number of hydrogen-bond donors (Lipinski definition) is 0. The molecule has 0 saturated carbocycles. The van der Waals surface area contributed by atoms with Crippen LogP contribution >= 0.6 is 22.6 Å². The summed E-state index contributed by atoms with van der Waals surface area (Å²) in [5, 5.41) is 0. The molecule has 1 aromatic carbocycles. The smallest absolute Gasteiger partial charge is 0.102 e. The Labute approximate surface area is 117 Å². The van der Waals surface area contributed by atoms with Gasteiger partial charge in [-0.15, -0.1) is 0 Å². The second kappa shape index (κ2) is 6.69.